The highest BCUT2D eigenvalue weighted by Crippen LogP contribution is 2.29. The first-order chi connectivity index (χ1) is 13.8. The molecule has 158 valence electrons. The van der Waals surface area contributed by atoms with Crippen LogP contribution < -0.4 is 20.7 Å². The molecule has 0 saturated heterocycles. The van der Waals surface area contributed by atoms with Gasteiger partial charge in [0.1, 0.15) is 17.3 Å². The predicted octanol–water partition coefficient (Wildman–Crippen LogP) is 2.54. The Kier molecular flexibility index (Phi) is 8.25. The number of guanidine groups is 1. The number of aliphatic imine (C=N–C) groups is 1. The fourth-order valence-corrected chi connectivity index (χ4v) is 2.91. The standard InChI is InChI=1S/C18H22F3N5O2S/c1-3-22-17(25-10-16-26-14(11-29-16)18(19,20)21)24-9-15(27)23-8-12-4-6-13(28-2)7-5-12/h4-7,11H,3,8-10H2,1-2H3,(H,23,27)(H2,22,24,25). The largest absolute Gasteiger partial charge is 0.497 e. The molecule has 1 aromatic carbocycles. The number of nitrogens with one attached hydrogen (secondary N) is 3. The van der Waals surface area contributed by atoms with E-state index in [1.54, 1.807) is 19.2 Å². The van der Waals surface area contributed by atoms with Crippen LogP contribution >= 0.6 is 11.3 Å². The number of nitrogens with zero attached hydrogens (tertiary/aromatic N) is 2. The van der Waals surface area contributed by atoms with Crippen LogP contribution in [0.25, 0.3) is 0 Å². The van der Waals surface area contributed by atoms with E-state index in [4.69, 9.17) is 4.74 Å². The third kappa shape index (κ3) is 7.60. The molecule has 1 amide bonds. The van der Waals surface area contributed by atoms with Crippen molar-refractivity contribution in [2.75, 3.05) is 20.2 Å². The van der Waals surface area contributed by atoms with Crippen LogP contribution in [0.1, 0.15) is 23.2 Å². The molecule has 0 saturated carbocycles. The minimum Gasteiger partial charge on any atom is -0.497 e. The molecule has 0 atom stereocenters. The van der Waals surface area contributed by atoms with Crippen molar-refractivity contribution in [2.45, 2.75) is 26.2 Å². The average Bonchev–Trinajstić information content (AvgIpc) is 3.18. The Morgan fingerprint density at radius 1 is 1.17 bits per heavy atom. The molecule has 0 fully saturated rings. The van der Waals surface area contributed by atoms with Gasteiger partial charge in [-0.2, -0.15) is 13.2 Å². The van der Waals surface area contributed by atoms with Crippen LogP contribution in [0.2, 0.25) is 0 Å². The smallest absolute Gasteiger partial charge is 0.434 e. The second-order valence-electron chi connectivity index (χ2n) is 5.80. The molecule has 7 nitrogen and oxygen atoms in total. The van der Waals surface area contributed by atoms with Gasteiger partial charge >= 0.3 is 6.18 Å². The SMILES string of the molecule is CCNC(=NCC(=O)NCc1ccc(OC)cc1)NCc1nc(C(F)(F)F)cs1. The molecule has 1 aromatic heterocycles. The molecule has 0 aliphatic rings. The summed E-state index contributed by atoms with van der Waals surface area (Å²) in [6.07, 6.45) is -4.46. The number of carbonyl (C=O) groups is 1. The maximum atomic E-state index is 12.6. The number of halogens is 3. The molecule has 29 heavy (non-hydrogen) atoms. The van der Waals surface area contributed by atoms with Crippen LogP contribution in [-0.4, -0.2) is 37.1 Å². The first-order valence-corrected chi connectivity index (χ1v) is 9.63. The predicted molar refractivity (Wildman–Crippen MR) is 105 cm³/mol. The molecule has 1 heterocycles. The summed E-state index contributed by atoms with van der Waals surface area (Å²) in [7, 11) is 1.58. The van der Waals surface area contributed by atoms with Crippen molar-refractivity contribution in [3.8, 4) is 5.75 Å². The van der Waals surface area contributed by atoms with Crippen LogP contribution in [-0.2, 0) is 24.1 Å². The van der Waals surface area contributed by atoms with Gasteiger partial charge in [-0.15, -0.1) is 11.3 Å². The summed E-state index contributed by atoms with van der Waals surface area (Å²) in [4.78, 5) is 19.7. The Morgan fingerprint density at radius 3 is 2.48 bits per heavy atom. The van der Waals surface area contributed by atoms with Crippen LogP contribution in [0.4, 0.5) is 13.2 Å². The summed E-state index contributed by atoms with van der Waals surface area (Å²) in [5.74, 6) is 0.760. The number of thiazole rings is 1. The van der Waals surface area contributed by atoms with Crippen LogP contribution in [0, 0.1) is 0 Å². The van der Waals surface area contributed by atoms with Gasteiger partial charge in [-0.05, 0) is 24.6 Å². The van der Waals surface area contributed by atoms with E-state index in [0.717, 1.165) is 28.0 Å². The molecule has 0 spiro atoms. The zero-order valence-corrected chi connectivity index (χ0v) is 16.8. The van der Waals surface area contributed by atoms with Gasteiger partial charge in [-0.3, -0.25) is 4.79 Å². The summed E-state index contributed by atoms with van der Waals surface area (Å²) < 4.78 is 42.9. The topological polar surface area (TPSA) is 87.6 Å². The molecule has 0 aliphatic heterocycles. The Morgan fingerprint density at radius 2 is 1.90 bits per heavy atom. The number of amides is 1. The normalized spacial score (nSPS) is 11.8. The Balaban J connectivity index is 1.83. The summed E-state index contributed by atoms with van der Waals surface area (Å²) in [6, 6.07) is 7.29. The number of hydrogen-bond donors (Lipinski definition) is 3. The summed E-state index contributed by atoms with van der Waals surface area (Å²) in [5, 5.41) is 9.79. The number of methoxy groups -OCH3 is 1. The van der Waals surface area contributed by atoms with Crippen molar-refractivity contribution < 1.29 is 22.7 Å². The van der Waals surface area contributed by atoms with Gasteiger partial charge in [-0.25, -0.2) is 9.98 Å². The van der Waals surface area contributed by atoms with Crippen molar-refractivity contribution in [3.05, 3.63) is 45.9 Å². The minimum atomic E-state index is -4.46. The van der Waals surface area contributed by atoms with E-state index in [1.807, 2.05) is 19.1 Å². The third-order valence-electron chi connectivity index (χ3n) is 3.62. The highest BCUT2D eigenvalue weighted by molar-refractivity contribution is 7.09. The number of hydrogen-bond acceptors (Lipinski definition) is 5. The lowest BCUT2D eigenvalue weighted by Crippen LogP contribution is -2.38. The van der Waals surface area contributed by atoms with E-state index in [1.165, 1.54) is 0 Å². The lowest BCUT2D eigenvalue weighted by Gasteiger charge is -2.10. The molecule has 0 unspecified atom stereocenters. The molecule has 0 aliphatic carbocycles. The zero-order valence-electron chi connectivity index (χ0n) is 16.0. The summed E-state index contributed by atoms with van der Waals surface area (Å²) in [5.41, 5.74) is -0.00320. The molecule has 3 N–H and O–H groups in total. The van der Waals surface area contributed by atoms with Crippen LogP contribution in [0.3, 0.4) is 0 Å². The van der Waals surface area contributed by atoms with Crippen molar-refractivity contribution in [1.82, 2.24) is 20.9 Å². The summed E-state index contributed by atoms with van der Waals surface area (Å²) >= 11 is 0.905. The van der Waals surface area contributed by atoms with Gasteiger partial charge in [0.05, 0.1) is 13.7 Å². The second kappa shape index (κ2) is 10.6. The number of benzene rings is 1. The molecule has 11 heteroatoms. The van der Waals surface area contributed by atoms with Gasteiger partial charge in [0.25, 0.3) is 0 Å². The Hall–Kier alpha value is -2.82. The third-order valence-corrected chi connectivity index (χ3v) is 4.47. The maximum Gasteiger partial charge on any atom is 0.434 e. The second-order valence-corrected chi connectivity index (χ2v) is 6.74. The van der Waals surface area contributed by atoms with Crippen molar-refractivity contribution in [3.63, 3.8) is 0 Å². The first-order valence-electron chi connectivity index (χ1n) is 8.75. The number of ether oxygens (including phenoxy) is 1. The lowest BCUT2D eigenvalue weighted by atomic mass is 10.2. The van der Waals surface area contributed by atoms with Crippen molar-refractivity contribution in [2.24, 2.45) is 4.99 Å². The first kappa shape index (κ1) is 22.5. The molecular formula is C18H22F3N5O2S. The van der Waals surface area contributed by atoms with Gasteiger partial charge in [-0.1, -0.05) is 12.1 Å². The van der Waals surface area contributed by atoms with E-state index in [0.29, 0.717) is 19.0 Å². The fraction of sp³-hybridized carbons (Fsp3) is 0.389. The van der Waals surface area contributed by atoms with E-state index < -0.39 is 11.9 Å². The van der Waals surface area contributed by atoms with E-state index in [9.17, 15) is 18.0 Å². The highest BCUT2D eigenvalue weighted by atomic mass is 32.1. The van der Waals surface area contributed by atoms with Crippen LogP contribution in [0.5, 0.6) is 5.75 Å². The summed E-state index contributed by atoms with van der Waals surface area (Å²) in [6.45, 7) is 2.66. The zero-order chi connectivity index (χ0) is 21.3. The van der Waals surface area contributed by atoms with Crippen LogP contribution in [0.15, 0.2) is 34.6 Å². The highest BCUT2D eigenvalue weighted by Gasteiger charge is 2.33. The van der Waals surface area contributed by atoms with Gasteiger partial charge in [0.2, 0.25) is 5.91 Å². The Bertz CT molecular complexity index is 822. The number of alkyl halides is 3. The average molecular weight is 429 g/mol. The molecule has 2 aromatic rings. The monoisotopic (exact) mass is 429 g/mol. The molecule has 0 bridgehead atoms. The van der Waals surface area contributed by atoms with E-state index >= 15 is 0 Å². The maximum absolute atomic E-state index is 12.6. The van der Waals surface area contributed by atoms with Crippen molar-refractivity contribution >= 4 is 23.2 Å². The quantitative estimate of drug-likeness (QED) is 0.444. The number of rotatable bonds is 8. The number of carbonyl (C=O) groups excluding carboxylic acids is 1. The van der Waals surface area contributed by atoms with Crippen molar-refractivity contribution in [1.29, 1.82) is 0 Å². The van der Waals surface area contributed by atoms with Gasteiger partial charge < -0.3 is 20.7 Å². The van der Waals surface area contributed by atoms with E-state index in [-0.39, 0.29) is 24.0 Å². The lowest BCUT2D eigenvalue weighted by molar-refractivity contribution is -0.140. The molecular weight excluding hydrogens is 407 g/mol. The fourth-order valence-electron chi connectivity index (χ4n) is 2.17. The number of aromatic nitrogens is 1. The minimum absolute atomic E-state index is 0.0695. The van der Waals surface area contributed by atoms with Gasteiger partial charge in [0, 0.05) is 18.5 Å². The Labute approximate surface area is 170 Å². The molecule has 2 rings (SSSR count). The molecule has 0 radical (unpaired) electrons. The van der Waals surface area contributed by atoms with Gasteiger partial charge in [0.15, 0.2) is 11.7 Å². The van der Waals surface area contributed by atoms with E-state index in [2.05, 4.69) is 25.9 Å².